The van der Waals surface area contributed by atoms with Crippen LogP contribution in [0.5, 0.6) is 0 Å². The van der Waals surface area contributed by atoms with Crippen LogP contribution in [-0.4, -0.2) is 46.2 Å². The molecule has 1 atom stereocenters. The first-order valence-electron chi connectivity index (χ1n) is 10.7. The molecule has 1 aliphatic rings. The van der Waals surface area contributed by atoms with Crippen molar-refractivity contribution >= 4 is 27.0 Å². The maximum atomic E-state index is 13.4. The molecule has 0 radical (unpaired) electrons. The van der Waals surface area contributed by atoms with E-state index in [2.05, 4.69) is 15.6 Å². The van der Waals surface area contributed by atoms with Gasteiger partial charge >= 0.3 is 0 Å². The summed E-state index contributed by atoms with van der Waals surface area (Å²) in [6, 6.07) is 13.8. The number of aryl methyl sites for hydroxylation is 1. The zero-order valence-corrected chi connectivity index (χ0v) is 18.4. The summed E-state index contributed by atoms with van der Waals surface area (Å²) in [4.78, 5) is 13.0. The molecule has 1 aliphatic heterocycles. The van der Waals surface area contributed by atoms with Crippen molar-refractivity contribution in [2.45, 2.75) is 56.6 Å². The third kappa shape index (κ3) is 4.47. The van der Waals surface area contributed by atoms with Gasteiger partial charge < -0.3 is 5.32 Å². The van der Waals surface area contributed by atoms with Gasteiger partial charge in [-0.2, -0.15) is 4.31 Å². The molecule has 0 saturated carbocycles. The first kappa shape index (κ1) is 21.5. The normalized spacial score (nSPS) is 17.6. The number of hydrogen-bond acceptors (Lipinski definition) is 5. The summed E-state index contributed by atoms with van der Waals surface area (Å²) in [5.74, 6) is -0.262. The van der Waals surface area contributed by atoms with E-state index in [0.717, 1.165) is 36.9 Å². The maximum absolute atomic E-state index is 13.4. The lowest BCUT2D eigenvalue weighted by molar-refractivity contribution is -0.125. The summed E-state index contributed by atoms with van der Waals surface area (Å²) in [5.41, 5.74) is 2.31. The van der Waals surface area contributed by atoms with Gasteiger partial charge in [0.25, 0.3) is 0 Å². The van der Waals surface area contributed by atoms with Crippen LogP contribution in [0.1, 0.15) is 38.2 Å². The van der Waals surface area contributed by atoms with Crippen LogP contribution >= 0.6 is 0 Å². The van der Waals surface area contributed by atoms with E-state index in [-0.39, 0.29) is 10.8 Å². The second kappa shape index (κ2) is 9.15. The lowest BCUT2D eigenvalue weighted by atomic mass is 10.0. The molecular formula is C22H27N5O3S. The van der Waals surface area contributed by atoms with E-state index in [4.69, 9.17) is 0 Å². The van der Waals surface area contributed by atoms with Crippen LogP contribution in [0.25, 0.3) is 11.0 Å². The van der Waals surface area contributed by atoms with Gasteiger partial charge in [-0.15, -0.1) is 5.10 Å². The molecular weight excluding hydrogens is 414 g/mol. The van der Waals surface area contributed by atoms with Crippen molar-refractivity contribution < 1.29 is 13.2 Å². The Morgan fingerprint density at radius 2 is 1.97 bits per heavy atom. The molecule has 4 rings (SSSR count). The van der Waals surface area contributed by atoms with Gasteiger partial charge in [0.15, 0.2) is 0 Å². The summed E-state index contributed by atoms with van der Waals surface area (Å²) < 4.78 is 30.0. The molecule has 31 heavy (non-hydrogen) atoms. The van der Waals surface area contributed by atoms with Crippen molar-refractivity contribution in [1.29, 1.82) is 0 Å². The fourth-order valence-electron chi connectivity index (χ4n) is 3.98. The number of rotatable bonds is 7. The Labute approximate surface area is 182 Å². The minimum atomic E-state index is -3.84. The van der Waals surface area contributed by atoms with Crippen LogP contribution in [-0.2, 0) is 27.9 Å². The number of carbonyl (C=O) groups is 1. The number of carbonyl (C=O) groups excluding carboxylic acids is 1. The number of benzene rings is 2. The largest absolute Gasteiger partial charge is 0.351 e. The predicted octanol–water partition coefficient (Wildman–Crippen LogP) is 2.70. The van der Waals surface area contributed by atoms with E-state index in [1.54, 1.807) is 22.9 Å². The molecule has 0 unspecified atom stereocenters. The lowest BCUT2D eigenvalue weighted by Gasteiger charge is -2.33. The molecule has 1 N–H and O–H groups in total. The summed E-state index contributed by atoms with van der Waals surface area (Å²) in [6.07, 6.45) is 2.97. The van der Waals surface area contributed by atoms with Crippen LogP contribution in [0.4, 0.5) is 0 Å². The van der Waals surface area contributed by atoms with Crippen molar-refractivity contribution in [2.75, 3.05) is 6.54 Å². The third-order valence-corrected chi connectivity index (χ3v) is 7.50. The summed E-state index contributed by atoms with van der Waals surface area (Å²) >= 11 is 0. The standard InChI is InChI=1S/C22H27N5O3S/c1-2-13-26-20-12-11-18(15-19(20)24-25-26)31(29,30)27-14-7-6-10-21(27)22(28)23-16-17-8-4-3-5-9-17/h3-5,8-9,11-12,15,21H,2,6-7,10,13-14,16H2,1H3,(H,23,28)/t21-/m0/s1. The Kier molecular flexibility index (Phi) is 6.33. The molecule has 0 aliphatic carbocycles. The summed E-state index contributed by atoms with van der Waals surface area (Å²) in [7, 11) is -3.84. The summed E-state index contributed by atoms with van der Waals surface area (Å²) in [6.45, 7) is 3.47. The highest BCUT2D eigenvalue weighted by atomic mass is 32.2. The highest BCUT2D eigenvalue weighted by molar-refractivity contribution is 7.89. The van der Waals surface area contributed by atoms with Gasteiger partial charge in [0.05, 0.1) is 10.4 Å². The Hall–Kier alpha value is -2.78. The zero-order chi connectivity index (χ0) is 21.8. The van der Waals surface area contributed by atoms with Crippen molar-refractivity contribution in [1.82, 2.24) is 24.6 Å². The molecule has 0 bridgehead atoms. The van der Waals surface area contributed by atoms with E-state index in [0.29, 0.717) is 25.0 Å². The minimum Gasteiger partial charge on any atom is -0.351 e. The van der Waals surface area contributed by atoms with E-state index in [1.807, 2.05) is 37.3 Å². The maximum Gasteiger partial charge on any atom is 0.243 e. The second-order valence-corrected chi connectivity index (χ2v) is 9.68. The van der Waals surface area contributed by atoms with Gasteiger partial charge in [-0.05, 0) is 43.0 Å². The number of hydrogen-bond donors (Lipinski definition) is 1. The van der Waals surface area contributed by atoms with Gasteiger partial charge in [0, 0.05) is 19.6 Å². The van der Waals surface area contributed by atoms with Gasteiger partial charge in [-0.3, -0.25) is 4.79 Å². The number of nitrogens with zero attached hydrogens (tertiary/aromatic N) is 4. The third-order valence-electron chi connectivity index (χ3n) is 5.59. The van der Waals surface area contributed by atoms with Crippen LogP contribution in [0.15, 0.2) is 53.4 Å². The van der Waals surface area contributed by atoms with Crippen LogP contribution < -0.4 is 5.32 Å². The fraction of sp³-hybridized carbons (Fsp3) is 0.409. The van der Waals surface area contributed by atoms with Crippen molar-refractivity contribution in [3.05, 3.63) is 54.1 Å². The second-order valence-electron chi connectivity index (χ2n) is 7.79. The molecule has 2 aromatic carbocycles. The van der Waals surface area contributed by atoms with E-state index >= 15 is 0 Å². The number of fused-ring (bicyclic) bond motifs is 1. The number of piperidine rings is 1. The van der Waals surface area contributed by atoms with Crippen molar-refractivity contribution in [3.8, 4) is 0 Å². The lowest BCUT2D eigenvalue weighted by Crippen LogP contribution is -2.51. The topological polar surface area (TPSA) is 97.2 Å². The molecule has 2 heterocycles. The Balaban J connectivity index is 1.56. The van der Waals surface area contributed by atoms with Crippen molar-refractivity contribution in [2.24, 2.45) is 0 Å². The van der Waals surface area contributed by atoms with Gasteiger partial charge in [-0.25, -0.2) is 13.1 Å². The molecule has 9 heteroatoms. The number of amides is 1. The zero-order valence-electron chi connectivity index (χ0n) is 17.6. The van der Waals surface area contributed by atoms with Crippen LogP contribution in [0, 0.1) is 0 Å². The van der Waals surface area contributed by atoms with Gasteiger partial charge in [0.1, 0.15) is 11.6 Å². The highest BCUT2D eigenvalue weighted by Gasteiger charge is 2.37. The Morgan fingerprint density at radius 3 is 2.74 bits per heavy atom. The van der Waals surface area contributed by atoms with E-state index in [1.165, 1.54) is 4.31 Å². The monoisotopic (exact) mass is 441 g/mol. The minimum absolute atomic E-state index is 0.145. The molecule has 1 saturated heterocycles. The van der Waals surface area contributed by atoms with E-state index in [9.17, 15) is 13.2 Å². The molecule has 164 valence electrons. The molecule has 8 nitrogen and oxygen atoms in total. The molecule has 1 aromatic heterocycles. The average molecular weight is 442 g/mol. The highest BCUT2D eigenvalue weighted by Crippen LogP contribution is 2.27. The van der Waals surface area contributed by atoms with E-state index < -0.39 is 16.1 Å². The number of aromatic nitrogens is 3. The number of nitrogens with one attached hydrogen (secondary N) is 1. The van der Waals surface area contributed by atoms with Gasteiger partial charge in [-0.1, -0.05) is 48.9 Å². The molecule has 1 amide bonds. The Morgan fingerprint density at radius 1 is 1.16 bits per heavy atom. The van der Waals surface area contributed by atoms with Gasteiger partial charge in [0.2, 0.25) is 15.9 Å². The molecule has 1 fully saturated rings. The first-order valence-corrected chi connectivity index (χ1v) is 12.1. The van der Waals surface area contributed by atoms with Crippen LogP contribution in [0.3, 0.4) is 0 Å². The quantitative estimate of drug-likeness (QED) is 0.608. The Bertz CT molecular complexity index is 1160. The van der Waals surface area contributed by atoms with Crippen LogP contribution in [0.2, 0.25) is 0 Å². The SMILES string of the molecule is CCCn1nnc2cc(S(=O)(=O)N3CCCC[C@H]3C(=O)NCc3ccccc3)ccc21. The predicted molar refractivity (Wildman–Crippen MR) is 118 cm³/mol. The molecule has 3 aromatic rings. The number of sulfonamides is 1. The smallest absolute Gasteiger partial charge is 0.243 e. The molecule has 0 spiro atoms. The summed E-state index contributed by atoms with van der Waals surface area (Å²) in [5, 5.41) is 11.1. The van der Waals surface area contributed by atoms with Crippen molar-refractivity contribution in [3.63, 3.8) is 0 Å². The fourth-order valence-corrected chi connectivity index (χ4v) is 5.66. The first-order chi connectivity index (χ1) is 15.0. The average Bonchev–Trinajstić information content (AvgIpc) is 3.20.